The summed E-state index contributed by atoms with van der Waals surface area (Å²) in [5.41, 5.74) is 0.0823. The van der Waals surface area contributed by atoms with E-state index in [-0.39, 0.29) is 0 Å². The van der Waals surface area contributed by atoms with Crippen molar-refractivity contribution < 1.29 is 9.50 Å². The quantitative estimate of drug-likeness (QED) is 0.738. The van der Waals surface area contributed by atoms with Gasteiger partial charge in [0.25, 0.3) is 0 Å². The van der Waals surface area contributed by atoms with E-state index in [1.165, 1.54) is 0 Å². The second kappa shape index (κ2) is 7.24. The molecule has 4 atom stereocenters. The van der Waals surface area contributed by atoms with Crippen LogP contribution >= 0.6 is 11.8 Å². The molecule has 2 nitrogen and oxygen atoms in total. The van der Waals surface area contributed by atoms with Gasteiger partial charge in [-0.2, -0.15) is 0 Å². The summed E-state index contributed by atoms with van der Waals surface area (Å²) in [6, 6.07) is 17.4. The third-order valence-electron chi connectivity index (χ3n) is 5.88. The predicted molar refractivity (Wildman–Crippen MR) is 105 cm³/mol. The maximum Gasteiger partial charge on any atom is 0.115 e. The van der Waals surface area contributed by atoms with Crippen LogP contribution in [0.1, 0.15) is 25.3 Å². The van der Waals surface area contributed by atoms with E-state index in [1.54, 1.807) is 12.1 Å². The molecule has 4 heteroatoms. The Kier molecular flexibility index (Phi) is 4.98. The molecule has 0 amide bonds. The predicted octanol–water partition coefficient (Wildman–Crippen LogP) is 5.12. The van der Waals surface area contributed by atoms with Crippen molar-refractivity contribution >= 4 is 11.8 Å². The molecule has 1 saturated heterocycles. The standard InChI is InChI=1S/C22H26FNOS/c1-16(26-21-9-7-20(25)8-10-21)24-14-18-12-22(23,13-19(18)15-24)11-17-5-3-2-4-6-17/h2-10,16,18-19,25H,11-15H2,1H3/t16?,18-,19+,22+. The minimum absolute atomic E-state index is 0.301. The van der Waals surface area contributed by atoms with Crippen LogP contribution in [0.2, 0.25) is 0 Å². The van der Waals surface area contributed by atoms with Crippen LogP contribution in [0.5, 0.6) is 5.75 Å². The maximum atomic E-state index is 15.4. The fraction of sp³-hybridized carbons (Fsp3) is 0.455. The van der Waals surface area contributed by atoms with Gasteiger partial charge < -0.3 is 5.11 Å². The second-order valence-electron chi connectivity index (χ2n) is 7.91. The van der Waals surface area contributed by atoms with Crippen LogP contribution in [0.15, 0.2) is 59.5 Å². The summed E-state index contributed by atoms with van der Waals surface area (Å²) >= 11 is 1.81. The van der Waals surface area contributed by atoms with Crippen molar-refractivity contribution in [3.05, 3.63) is 60.2 Å². The Bertz CT molecular complexity index is 722. The fourth-order valence-electron chi connectivity index (χ4n) is 4.66. The van der Waals surface area contributed by atoms with Crippen molar-refractivity contribution in [2.45, 2.75) is 42.1 Å². The van der Waals surface area contributed by atoms with Gasteiger partial charge in [-0.3, -0.25) is 4.90 Å². The zero-order valence-corrected chi connectivity index (χ0v) is 16.0. The SMILES string of the molecule is CC(Sc1ccc(O)cc1)N1C[C@@H]2C[C@](F)(Cc3ccccc3)C[C@@H]2C1. The van der Waals surface area contributed by atoms with Gasteiger partial charge in [-0.1, -0.05) is 30.3 Å². The first-order chi connectivity index (χ1) is 12.5. The van der Waals surface area contributed by atoms with E-state index in [4.69, 9.17) is 0 Å². The summed E-state index contributed by atoms with van der Waals surface area (Å²) in [4.78, 5) is 3.66. The Balaban J connectivity index is 1.33. The van der Waals surface area contributed by atoms with Crippen LogP contribution in [0.4, 0.5) is 4.39 Å². The Morgan fingerprint density at radius 2 is 1.69 bits per heavy atom. The molecule has 1 saturated carbocycles. The molecule has 0 bridgehead atoms. The molecule has 26 heavy (non-hydrogen) atoms. The number of halogens is 1. The number of hydrogen-bond acceptors (Lipinski definition) is 3. The van der Waals surface area contributed by atoms with Crippen LogP contribution < -0.4 is 0 Å². The van der Waals surface area contributed by atoms with Gasteiger partial charge in [0.05, 0.1) is 5.37 Å². The molecule has 1 aliphatic carbocycles. The summed E-state index contributed by atoms with van der Waals surface area (Å²) in [6.45, 7) is 4.22. The molecular weight excluding hydrogens is 345 g/mol. The van der Waals surface area contributed by atoms with Crippen molar-refractivity contribution in [2.24, 2.45) is 11.8 Å². The van der Waals surface area contributed by atoms with Crippen LogP contribution in [0, 0.1) is 11.8 Å². The van der Waals surface area contributed by atoms with Crippen LogP contribution in [0.25, 0.3) is 0 Å². The molecule has 138 valence electrons. The lowest BCUT2D eigenvalue weighted by molar-refractivity contribution is 0.146. The molecule has 2 aromatic rings. The molecule has 0 spiro atoms. The first-order valence-electron chi connectivity index (χ1n) is 9.43. The summed E-state index contributed by atoms with van der Waals surface area (Å²) in [5, 5.41) is 9.78. The molecule has 1 N–H and O–H groups in total. The Morgan fingerprint density at radius 3 is 2.31 bits per heavy atom. The number of fused-ring (bicyclic) bond motifs is 1. The topological polar surface area (TPSA) is 23.5 Å². The number of thioether (sulfide) groups is 1. The van der Waals surface area contributed by atoms with Crippen LogP contribution in [-0.2, 0) is 6.42 Å². The van der Waals surface area contributed by atoms with Gasteiger partial charge in [-0.25, -0.2) is 4.39 Å². The first kappa shape index (κ1) is 17.9. The molecule has 2 fully saturated rings. The van der Waals surface area contributed by atoms with Crippen LogP contribution in [-0.4, -0.2) is 34.1 Å². The third kappa shape index (κ3) is 3.91. The van der Waals surface area contributed by atoms with Gasteiger partial charge in [0.1, 0.15) is 11.4 Å². The van der Waals surface area contributed by atoms with Gasteiger partial charge >= 0.3 is 0 Å². The van der Waals surface area contributed by atoms with E-state index >= 15 is 4.39 Å². The van der Waals surface area contributed by atoms with Gasteiger partial charge in [0.2, 0.25) is 0 Å². The number of aromatic hydroxyl groups is 1. The molecule has 4 rings (SSSR count). The van der Waals surface area contributed by atoms with E-state index in [0.29, 0.717) is 42.2 Å². The van der Waals surface area contributed by atoms with Crippen molar-refractivity contribution in [3.8, 4) is 5.75 Å². The van der Waals surface area contributed by atoms with Gasteiger partial charge in [-0.05, 0) is 61.4 Å². The van der Waals surface area contributed by atoms with E-state index in [9.17, 15) is 5.11 Å². The highest BCUT2D eigenvalue weighted by atomic mass is 32.2. The number of phenols is 1. The van der Waals surface area contributed by atoms with E-state index in [2.05, 4.69) is 11.8 Å². The largest absolute Gasteiger partial charge is 0.508 e. The monoisotopic (exact) mass is 371 g/mol. The van der Waals surface area contributed by atoms with Gasteiger partial charge in [-0.15, -0.1) is 11.8 Å². The van der Waals surface area contributed by atoms with Crippen molar-refractivity contribution in [3.63, 3.8) is 0 Å². The highest BCUT2D eigenvalue weighted by molar-refractivity contribution is 7.99. The minimum atomic E-state index is -1.03. The number of likely N-dealkylation sites (tertiary alicyclic amines) is 1. The number of benzene rings is 2. The average Bonchev–Trinajstić information content (AvgIpc) is 3.12. The number of nitrogens with zero attached hydrogens (tertiary/aromatic N) is 1. The van der Waals surface area contributed by atoms with E-state index in [1.807, 2.05) is 54.2 Å². The lowest BCUT2D eigenvalue weighted by Crippen LogP contribution is -2.32. The maximum absolute atomic E-state index is 15.4. The molecule has 1 heterocycles. The average molecular weight is 372 g/mol. The third-order valence-corrected chi connectivity index (χ3v) is 7.07. The summed E-state index contributed by atoms with van der Waals surface area (Å²) in [6.07, 6.45) is 1.94. The number of alkyl halides is 1. The minimum Gasteiger partial charge on any atom is -0.508 e. The molecular formula is C22H26FNOS. The Morgan fingerprint density at radius 1 is 1.08 bits per heavy atom. The molecule has 2 aromatic carbocycles. The zero-order valence-electron chi connectivity index (χ0n) is 15.1. The van der Waals surface area contributed by atoms with E-state index in [0.717, 1.165) is 23.5 Å². The second-order valence-corrected chi connectivity index (χ2v) is 9.30. The lowest BCUT2D eigenvalue weighted by Gasteiger charge is -2.27. The fourth-order valence-corrected chi connectivity index (χ4v) is 5.67. The summed E-state index contributed by atoms with van der Waals surface area (Å²) in [5.74, 6) is 1.26. The summed E-state index contributed by atoms with van der Waals surface area (Å²) in [7, 11) is 0. The number of phenolic OH excluding ortho intramolecular Hbond substituents is 1. The van der Waals surface area contributed by atoms with Crippen molar-refractivity contribution in [1.82, 2.24) is 4.90 Å². The van der Waals surface area contributed by atoms with Crippen molar-refractivity contribution in [1.29, 1.82) is 0 Å². The highest BCUT2D eigenvalue weighted by Gasteiger charge is 2.50. The smallest absolute Gasteiger partial charge is 0.115 e. The van der Waals surface area contributed by atoms with Crippen LogP contribution in [0.3, 0.4) is 0 Å². The molecule has 2 aliphatic rings. The summed E-state index contributed by atoms with van der Waals surface area (Å²) < 4.78 is 15.4. The zero-order chi connectivity index (χ0) is 18.1. The molecule has 1 aliphatic heterocycles. The van der Waals surface area contributed by atoms with Gasteiger partial charge in [0, 0.05) is 24.4 Å². The number of hydrogen-bond donors (Lipinski definition) is 1. The Labute approximate surface area is 159 Å². The molecule has 0 aromatic heterocycles. The normalized spacial score (nSPS) is 29.6. The van der Waals surface area contributed by atoms with E-state index < -0.39 is 5.67 Å². The first-order valence-corrected chi connectivity index (χ1v) is 10.3. The van der Waals surface area contributed by atoms with Crippen molar-refractivity contribution in [2.75, 3.05) is 13.1 Å². The molecule has 1 unspecified atom stereocenters. The highest BCUT2D eigenvalue weighted by Crippen LogP contribution is 2.48. The lowest BCUT2D eigenvalue weighted by atomic mass is 9.93. The number of rotatable bonds is 5. The van der Waals surface area contributed by atoms with Gasteiger partial charge in [0.15, 0.2) is 0 Å². The molecule has 0 radical (unpaired) electrons. The Hall–Kier alpha value is -1.52.